The highest BCUT2D eigenvalue weighted by Gasteiger charge is 2.52. The van der Waals surface area contributed by atoms with Gasteiger partial charge < -0.3 is 14.4 Å². The van der Waals surface area contributed by atoms with Gasteiger partial charge in [-0.15, -0.1) is 0 Å². The minimum absolute atomic E-state index is 0.486. The summed E-state index contributed by atoms with van der Waals surface area (Å²) >= 11 is 0. The third-order valence-electron chi connectivity index (χ3n) is 13.4. The summed E-state index contributed by atoms with van der Waals surface area (Å²) in [6, 6.07) is 84.7. The first-order chi connectivity index (χ1) is 31.8. The largest absolute Gasteiger partial charge is 0.449 e. The molecular formula is C61H39NO2. The van der Waals surface area contributed by atoms with Gasteiger partial charge in [0.2, 0.25) is 0 Å². The highest BCUT2D eigenvalue weighted by Crippen LogP contribution is 2.65. The summed E-state index contributed by atoms with van der Waals surface area (Å²) in [5.74, 6) is 2.70. The Morgan fingerprint density at radius 3 is 1.39 bits per heavy atom. The molecule has 3 nitrogen and oxygen atoms in total. The van der Waals surface area contributed by atoms with Crippen molar-refractivity contribution in [3.8, 4) is 78.6 Å². The summed E-state index contributed by atoms with van der Waals surface area (Å²) in [7, 11) is 0. The normalized spacial score (nSPS) is 13.1. The molecule has 0 fully saturated rings. The number of hydrogen-bond donors (Lipinski definition) is 0. The molecule has 0 unspecified atom stereocenters. The Kier molecular flexibility index (Phi) is 8.13. The molecule has 0 saturated carbocycles. The summed E-state index contributed by atoms with van der Waals surface area (Å²) < 4.78 is 14.3. The number of anilines is 3. The van der Waals surface area contributed by atoms with Crippen molar-refractivity contribution in [3.05, 3.63) is 259 Å². The molecule has 0 bridgehead atoms. The topological polar surface area (TPSA) is 21.7 Å². The van der Waals surface area contributed by atoms with E-state index in [0.717, 1.165) is 56.0 Å². The predicted molar refractivity (Wildman–Crippen MR) is 260 cm³/mol. The van der Waals surface area contributed by atoms with Crippen LogP contribution in [-0.4, -0.2) is 0 Å². The van der Waals surface area contributed by atoms with Crippen LogP contribution in [0.1, 0.15) is 22.3 Å². The zero-order valence-electron chi connectivity index (χ0n) is 34.8. The summed E-state index contributed by atoms with van der Waals surface area (Å²) in [5.41, 5.74) is 19.2. The van der Waals surface area contributed by atoms with Crippen molar-refractivity contribution in [2.24, 2.45) is 0 Å². The van der Waals surface area contributed by atoms with Crippen molar-refractivity contribution in [2.45, 2.75) is 5.41 Å². The molecule has 0 aromatic heterocycles. The van der Waals surface area contributed by atoms with Crippen molar-refractivity contribution in [3.63, 3.8) is 0 Å². The van der Waals surface area contributed by atoms with Gasteiger partial charge in [0.1, 0.15) is 0 Å². The third-order valence-corrected chi connectivity index (χ3v) is 13.4. The quantitative estimate of drug-likeness (QED) is 0.167. The number of fused-ring (bicyclic) bond motifs is 12. The average molecular weight is 818 g/mol. The predicted octanol–water partition coefficient (Wildman–Crippen LogP) is 16.4. The Morgan fingerprint density at radius 1 is 0.281 bits per heavy atom. The Hall–Kier alpha value is -8.40. The molecule has 0 N–H and O–H groups in total. The Bertz CT molecular complexity index is 3400. The van der Waals surface area contributed by atoms with Crippen LogP contribution in [-0.2, 0) is 5.41 Å². The second kappa shape index (κ2) is 14.3. The molecular weight excluding hydrogens is 779 g/mol. The molecule has 64 heavy (non-hydrogen) atoms. The zero-order chi connectivity index (χ0) is 42.2. The summed E-state index contributed by atoms with van der Waals surface area (Å²) in [4.78, 5) is 2.33. The van der Waals surface area contributed by atoms with E-state index in [1.54, 1.807) is 0 Å². The SMILES string of the molecule is c1ccc(-c2ccc(N(c3ccccc3-c3ccccc3)c3cccc4c3Oc3cc5c(cc3O4)C3(c4ccccc4-c4ccccc43)c3ccccc3-5)cc2-c2ccccc2)cc1. The van der Waals surface area contributed by atoms with Crippen LogP contribution in [0.25, 0.3) is 55.6 Å². The highest BCUT2D eigenvalue weighted by molar-refractivity contribution is 5.97. The number of nitrogens with zero attached hydrogens (tertiary/aromatic N) is 1. The molecule has 13 rings (SSSR count). The maximum Gasteiger partial charge on any atom is 0.194 e. The van der Waals surface area contributed by atoms with Crippen molar-refractivity contribution in [1.82, 2.24) is 0 Å². The number of rotatable bonds is 6. The van der Waals surface area contributed by atoms with E-state index >= 15 is 0 Å². The monoisotopic (exact) mass is 817 g/mol. The lowest BCUT2D eigenvalue weighted by Crippen LogP contribution is -2.25. The van der Waals surface area contributed by atoms with E-state index in [2.05, 4.69) is 235 Å². The zero-order valence-corrected chi connectivity index (χ0v) is 34.8. The third kappa shape index (κ3) is 5.34. The molecule has 0 radical (unpaired) electrons. The summed E-state index contributed by atoms with van der Waals surface area (Å²) in [6.45, 7) is 0. The van der Waals surface area contributed by atoms with E-state index < -0.39 is 5.41 Å². The highest BCUT2D eigenvalue weighted by atomic mass is 16.6. The first-order valence-corrected chi connectivity index (χ1v) is 21.9. The van der Waals surface area contributed by atoms with E-state index in [9.17, 15) is 0 Å². The molecule has 0 saturated heterocycles. The molecule has 3 aliphatic rings. The molecule has 1 heterocycles. The van der Waals surface area contributed by atoms with Crippen LogP contribution in [0.5, 0.6) is 23.0 Å². The second-order valence-electron chi connectivity index (χ2n) is 16.7. The minimum Gasteiger partial charge on any atom is -0.449 e. The van der Waals surface area contributed by atoms with E-state index in [4.69, 9.17) is 9.47 Å². The lowest BCUT2D eigenvalue weighted by Gasteiger charge is -2.33. The lowest BCUT2D eigenvalue weighted by molar-refractivity contribution is 0.360. The Morgan fingerprint density at radius 2 is 0.766 bits per heavy atom. The van der Waals surface area contributed by atoms with Gasteiger partial charge in [0.25, 0.3) is 0 Å². The number of ether oxygens (including phenoxy) is 2. The van der Waals surface area contributed by atoms with Gasteiger partial charge in [0.15, 0.2) is 23.0 Å². The van der Waals surface area contributed by atoms with Crippen LogP contribution in [0.15, 0.2) is 237 Å². The summed E-state index contributed by atoms with van der Waals surface area (Å²) in [5, 5.41) is 0. The first-order valence-electron chi connectivity index (χ1n) is 21.9. The molecule has 0 amide bonds. The molecule has 10 aromatic rings. The van der Waals surface area contributed by atoms with Gasteiger partial charge in [-0.05, 0) is 115 Å². The maximum atomic E-state index is 7.25. The van der Waals surface area contributed by atoms with Gasteiger partial charge in [-0.1, -0.05) is 194 Å². The summed E-state index contributed by atoms with van der Waals surface area (Å²) in [6.07, 6.45) is 0. The average Bonchev–Trinajstić information content (AvgIpc) is 3.83. The van der Waals surface area contributed by atoms with Crippen LogP contribution in [0, 0.1) is 0 Å². The molecule has 0 atom stereocenters. The van der Waals surface area contributed by atoms with Gasteiger partial charge in [-0.3, -0.25) is 0 Å². The number of hydrogen-bond acceptors (Lipinski definition) is 3. The van der Waals surface area contributed by atoms with Gasteiger partial charge in [-0.2, -0.15) is 0 Å². The second-order valence-corrected chi connectivity index (χ2v) is 16.7. The molecule has 1 aliphatic heterocycles. The Balaban J connectivity index is 1.01. The minimum atomic E-state index is -0.486. The van der Waals surface area contributed by atoms with Gasteiger partial charge in [-0.25, -0.2) is 0 Å². The van der Waals surface area contributed by atoms with Crippen molar-refractivity contribution < 1.29 is 9.47 Å². The first kappa shape index (κ1) is 36.3. The molecule has 1 spiro atoms. The Labute approximate surface area is 372 Å². The van der Waals surface area contributed by atoms with Gasteiger partial charge >= 0.3 is 0 Å². The van der Waals surface area contributed by atoms with Crippen LogP contribution in [0.4, 0.5) is 17.1 Å². The lowest BCUT2D eigenvalue weighted by atomic mass is 9.70. The van der Waals surface area contributed by atoms with Crippen LogP contribution in [0.2, 0.25) is 0 Å². The van der Waals surface area contributed by atoms with Crippen molar-refractivity contribution >= 4 is 17.1 Å². The maximum absolute atomic E-state index is 7.25. The van der Waals surface area contributed by atoms with Gasteiger partial charge in [0.05, 0.1) is 16.8 Å². The molecule has 10 aromatic carbocycles. The fourth-order valence-corrected chi connectivity index (χ4v) is 10.7. The number of benzene rings is 10. The number of para-hydroxylation sites is 2. The van der Waals surface area contributed by atoms with Crippen molar-refractivity contribution in [2.75, 3.05) is 4.90 Å². The standard InChI is InChI=1S/C61H39NO2/c1-4-19-40(20-5-1)44-36-35-43(37-49(44)42-23-8-3-9-24-42)62(55-32-17-13-25-45(55)41-21-6-2-7-22-41)56-33-18-34-57-60(56)64-58-38-50-48-28-12-16-31-53(48)61(54(50)39-59(58)63-57)51-29-14-10-26-46(51)47-27-11-15-30-52(47)61/h1-39H. The van der Waals surface area contributed by atoms with Gasteiger partial charge in [0, 0.05) is 11.3 Å². The van der Waals surface area contributed by atoms with E-state index in [1.807, 2.05) is 6.07 Å². The fourth-order valence-electron chi connectivity index (χ4n) is 10.7. The van der Waals surface area contributed by atoms with E-state index in [1.165, 1.54) is 38.9 Å². The molecule has 2 aliphatic carbocycles. The molecule has 300 valence electrons. The van der Waals surface area contributed by atoms with Crippen molar-refractivity contribution in [1.29, 1.82) is 0 Å². The molecule has 3 heteroatoms. The fraction of sp³-hybridized carbons (Fsp3) is 0.0164. The van der Waals surface area contributed by atoms with E-state index in [-0.39, 0.29) is 0 Å². The van der Waals surface area contributed by atoms with E-state index in [0.29, 0.717) is 23.0 Å². The van der Waals surface area contributed by atoms with Crippen LogP contribution < -0.4 is 14.4 Å². The van der Waals surface area contributed by atoms with Crippen LogP contribution in [0.3, 0.4) is 0 Å². The van der Waals surface area contributed by atoms with Crippen LogP contribution >= 0.6 is 0 Å². The smallest absolute Gasteiger partial charge is 0.194 e.